The second kappa shape index (κ2) is 7.01. The second-order valence-electron chi connectivity index (χ2n) is 5.92. The van der Waals surface area contributed by atoms with E-state index in [1.165, 1.54) is 16.6 Å². The largest absolute Gasteiger partial charge is 0.462 e. The fourth-order valence-corrected chi connectivity index (χ4v) is 4.72. The summed E-state index contributed by atoms with van der Waals surface area (Å²) >= 11 is 3.14. The van der Waals surface area contributed by atoms with Gasteiger partial charge < -0.3 is 4.74 Å². The zero-order valence-corrected chi connectivity index (χ0v) is 15.3. The molecular formula is C18H17N3O2S2. The number of nitrogens with zero attached hydrogens (tertiary/aromatic N) is 3. The van der Waals surface area contributed by atoms with Crippen LogP contribution in [0.5, 0.6) is 0 Å². The predicted octanol–water partition coefficient (Wildman–Crippen LogP) is 3.72. The maximum atomic E-state index is 12.0. The number of aromatic nitrogens is 3. The third-order valence-electron chi connectivity index (χ3n) is 4.00. The number of thioether (sulfide) groups is 1. The zero-order valence-electron chi connectivity index (χ0n) is 13.7. The molecule has 1 aromatic carbocycles. The highest BCUT2D eigenvalue weighted by molar-refractivity contribution is 8.00. The SMILES string of the molecule is CC1CC(Sc2nnc(Cc3cccs3)n2-c2ccccc2)C(=O)O1. The molecule has 0 bridgehead atoms. The summed E-state index contributed by atoms with van der Waals surface area (Å²) in [4.78, 5) is 13.2. The van der Waals surface area contributed by atoms with E-state index in [2.05, 4.69) is 21.6 Å². The van der Waals surface area contributed by atoms with E-state index in [1.807, 2.05) is 47.9 Å². The van der Waals surface area contributed by atoms with Crippen molar-refractivity contribution < 1.29 is 9.53 Å². The average Bonchev–Trinajstić information content (AvgIpc) is 3.32. The van der Waals surface area contributed by atoms with E-state index in [1.54, 1.807) is 11.3 Å². The highest BCUT2D eigenvalue weighted by atomic mass is 32.2. The Morgan fingerprint density at radius 3 is 2.76 bits per heavy atom. The Morgan fingerprint density at radius 2 is 2.08 bits per heavy atom. The maximum absolute atomic E-state index is 12.0. The van der Waals surface area contributed by atoms with Crippen molar-refractivity contribution in [3.63, 3.8) is 0 Å². The Labute approximate surface area is 154 Å². The zero-order chi connectivity index (χ0) is 17.2. The van der Waals surface area contributed by atoms with Crippen LogP contribution in [-0.2, 0) is 16.0 Å². The fourth-order valence-electron chi connectivity index (χ4n) is 2.84. The Bertz CT molecular complexity index is 862. The van der Waals surface area contributed by atoms with Crippen molar-refractivity contribution in [2.75, 3.05) is 0 Å². The maximum Gasteiger partial charge on any atom is 0.319 e. The van der Waals surface area contributed by atoms with Gasteiger partial charge in [0.05, 0.1) is 0 Å². The summed E-state index contributed by atoms with van der Waals surface area (Å²) in [7, 11) is 0. The van der Waals surface area contributed by atoms with Gasteiger partial charge in [0, 0.05) is 23.4 Å². The van der Waals surface area contributed by atoms with Gasteiger partial charge in [-0.2, -0.15) is 0 Å². The number of benzene rings is 1. The Morgan fingerprint density at radius 1 is 1.24 bits per heavy atom. The van der Waals surface area contributed by atoms with Gasteiger partial charge in [0.15, 0.2) is 5.16 Å². The lowest BCUT2D eigenvalue weighted by Crippen LogP contribution is -2.11. The van der Waals surface area contributed by atoms with Crippen LogP contribution in [0.3, 0.4) is 0 Å². The van der Waals surface area contributed by atoms with Gasteiger partial charge in [0.2, 0.25) is 0 Å². The minimum Gasteiger partial charge on any atom is -0.462 e. The number of carbonyl (C=O) groups is 1. The van der Waals surface area contributed by atoms with Crippen LogP contribution in [0.1, 0.15) is 24.0 Å². The van der Waals surface area contributed by atoms with E-state index in [0.29, 0.717) is 12.8 Å². The van der Waals surface area contributed by atoms with Crippen molar-refractivity contribution in [3.8, 4) is 5.69 Å². The molecule has 0 spiro atoms. The molecule has 0 amide bonds. The van der Waals surface area contributed by atoms with Crippen LogP contribution in [0.15, 0.2) is 53.0 Å². The molecule has 5 nitrogen and oxygen atoms in total. The quantitative estimate of drug-likeness (QED) is 0.640. The topological polar surface area (TPSA) is 57.0 Å². The molecule has 1 fully saturated rings. The first-order valence-corrected chi connectivity index (χ1v) is 9.86. The Kier molecular flexibility index (Phi) is 4.59. The number of cyclic esters (lactones) is 1. The van der Waals surface area contributed by atoms with Crippen LogP contribution >= 0.6 is 23.1 Å². The second-order valence-corrected chi connectivity index (χ2v) is 8.12. The fraction of sp³-hybridized carbons (Fsp3) is 0.278. The van der Waals surface area contributed by atoms with E-state index in [4.69, 9.17) is 4.74 Å². The lowest BCUT2D eigenvalue weighted by Gasteiger charge is -2.11. The van der Waals surface area contributed by atoms with Crippen LogP contribution in [0.25, 0.3) is 5.69 Å². The Balaban J connectivity index is 1.69. The summed E-state index contributed by atoms with van der Waals surface area (Å²) in [5, 5.41) is 11.3. The van der Waals surface area contributed by atoms with Gasteiger partial charge in [0.1, 0.15) is 17.2 Å². The van der Waals surface area contributed by atoms with E-state index in [9.17, 15) is 4.79 Å². The monoisotopic (exact) mass is 371 g/mol. The van der Waals surface area contributed by atoms with Gasteiger partial charge in [-0.1, -0.05) is 36.0 Å². The number of esters is 1. The highest BCUT2D eigenvalue weighted by Crippen LogP contribution is 2.33. The van der Waals surface area contributed by atoms with Crippen molar-refractivity contribution in [1.29, 1.82) is 0 Å². The highest BCUT2D eigenvalue weighted by Gasteiger charge is 2.34. The van der Waals surface area contributed by atoms with Crippen molar-refractivity contribution in [2.45, 2.75) is 36.3 Å². The number of ether oxygens (including phenoxy) is 1. The molecule has 4 rings (SSSR count). The number of para-hydroxylation sites is 1. The standard InChI is InChI=1S/C18H17N3O2S2/c1-12-10-15(17(22)23-12)25-18-20-19-16(11-14-8-5-9-24-14)21(18)13-6-3-2-4-7-13/h2-9,12,15H,10-11H2,1H3. The lowest BCUT2D eigenvalue weighted by molar-refractivity contribution is -0.140. The first-order valence-electron chi connectivity index (χ1n) is 8.10. The number of rotatable bonds is 5. The Hall–Kier alpha value is -2.12. The predicted molar refractivity (Wildman–Crippen MR) is 98.3 cm³/mol. The van der Waals surface area contributed by atoms with E-state index in [-0.39, 0.29) is 17.3 Å². The molecule has 0 saturated carbocycles. The van der Waals surface area contributed by atoms with Crippen LogP contribution in [0, 0.1) is 0 Å². The smallest absolute Gasteiger partial charge is 0.319 e. The molecule has 0 aliphatic carbocycles. The third-order valence-corrected chi connectivity index (χ3v) is 6.02. The molecule has 1 saturated heterocycles. The lowest BCUT2D eigenvalue weighted by atomic mass is 10.3. The van der Waals surface area contributed by atoms with Crippen molar-refractivity contribution in [1.82, 2.24) is 14.8 Å². The average molecular weight is 371 g/mol. The van der Waals surface area contributed by atoms with Crippen LogP contribution in [0.2, 0.25) is 0 Å². The van der Waals surface area contributed by atoms with Crippen molar-refractivity contribution >= 4 is 29.1 Å². The molecule has 2 unspecified atom stereocenters. The molecule has 2 atom stereocenters. The molecule has 25 heavy (non-hydrogen) atoms. The molecule has 1 aliphatic heterocycles. The summed E-state index contributed by atoms with van der Waals surface area (Å²) in [5.74, 6) is 0.704. The molecule has 7 heteroatoms. The molecule has 1 aliphatic rings. The van der Waals surface area contributed by atoms with Gasteiger partial charge in [0.25, 0.3) is 0 Å². The normalized spacial score (nSPS) is 20.0. The number of carbonyl (C=O) groups excluding carboxylic acids is 1. The van der Waals surface area contributed by atoms with Gasteiger partial charge in [-0.3, -0.25) is 9.36 Å². The third kappa shape index (κ3) is 3.48. The van der Waals surface area contributed by atoms with E-state index >= 15 is 0 Å². The van der Waals surface area contributed by atoms with Crippen LogP contribution in [0.4, 0.5) is 0 Å². The first kappa shape index (κ1) is 16.4. The molecule has 2 aromatic heterocycles. The summed E-state index contributed by atoms with van der Waals surface area (Å²) in [6.45, 7) is 1.92. The summed E-state index contributed by atoms with van der Waals surface area (Å²) in [6, 6.07) is 14.2. The van der Waals surface area contributed by atoms with Gasteiger partial charge >= 0.3 is 5.97 Å². The van der Waals surface area contributed by atoms with Crippen LogP contribution < -0.4 is 0 Å². The summed E-state index contributed by atoms with van der Waals surface area (Å²) < 4.78 is 7.31. The molecule has 0 radical (unpaired) electrons. The minimum absolute atomic E-state index is 0.0383. The van der Waals surface area contributed by atoms with Crippen molar-refractivity contribution in [2.24, 2.45) is 0 Å². The minimum atomic E-state index is -0.226. The molecule has 0 N–H and O–H groups in total. The number of thiophene rings is 1. The van der Waals surface area contributed by atoms with Gasteiger partial charge in [-0.25, -0.2) is 0 Å². The van der Waals surface area contributed by atoms with Gasteiger partial charge in [-0.05, 0) is 30.5 Å². The number of hydrogen-bond donors (Lipinski definition) is 0. The summed E-state index contributed by atoms with van der Waals surface area (Å²) in [6.07, 6.45) is 1.38. The molecular weight excluding hydrogens is 354 g/mol. The number of hydrogen-bond acceptors (Lipinski definition) is 6. The van der Waals surface area contributed by atoms with Crippen LogP contribution in [-0.4, -0.2) is 32.1 Å². The van der Waals surface area contributed by atoms with Crippen molar-refractivity contribution in [3.05, 3.63) is 58.5 Å². The van der Waals surface area contributed by atoms with Gasteiger partial charge in [-0.15, -0.1) is 21.5 Å². The van der Waals surface area contributed by atoms with E-state index < -0.39 is 0 Å². The first-order chi connectivity index (χ1) is 12.2. The van der Waals surface area contributed by atoms with E-state index in [0.717, 1.165) is 16.7 Å². The summed E-state index contributed by atoms with van der Waals surface area (Å²) in [5.41, 5.74) is 1.00. The molecule has 3 aromatic rings. The molecule has 128 valence electrons. The molecule has 3 heterocycles.